The zero-order valence-electron chi connectivity index (χ0n) is 18.7. The van der Waals surface area contributed by atoms with Crippen molar-refractivity contribution in [3.8, 4) is 28.5 Å². The number of ether oxygens (including phenoxy) is 3. The Hall–Kier alpha value is -3.44. The third-order valence-corrected chi connectivity index (χ3v) is 5.65. The average Bonchev–Trinajstić information content (AvgIpc) is 3.21. The number of fused-ring (bicyclic) bond motifs is 1. The van der Waals surface area contributed by atoms with Crippen LogP contribution in [-0.2, 0) is 13.0 Å². The quantitative estimate of drug-likeness (QED) is 0.316. The lowest BCUT2D eigenvalue weighted by atomic mass is 10.00. The van der Waals surface area contributed by atoms with Crippen LogP contribution in [-0.4, -0.2) is 25.7 Å². The van der Waals surface area contributed by atoms with Crippen LogP contribution in [0.15, 0.2) is 66.7 Å². The van der Waals surface area contributed by atoms with E-state index in [-0.39, 0.29) is 0 Å². The molecule has 0 atom stereocenters. The van der Waals surface area contributed by atoms with Crippen LogP contribution in [0, 0.1) is 0 Å². The summed E-state index contributed by atoms with van der Waals surface area (Å²) in [5.74, 6) is 2.38. The number of nitrogens with two attached hydrogens (primary N) is 1. The summed E-state index contributed by atoms with van der Waals surface area (Å²) in [5, 5.41) is 1.17. The van der Waals surface area contributed by atoms with Gasteiger partial charge in [-0.2, -0.15) is 0 Å². The lowest BCUT2D eigenvalue weighted by Gasteiger charge is -2.10. The second kappa shape index (κ2) is 10.2. The highest BCUT2D eigenvalue weighted by Gasteiger charge is 2.16. The monoisotopic (exact) mass is 430 g/mol. The molecular weight excluding hydrogens is 400 g/mol. The first-order valence-electron chi connectivity index (χ1n) is 11.0. The number of aryl methyl sites for hydroxylation is 1. The van der Waals surface area contributed by atoms with E-state index < -0.39 is 0 Å². The predicted molar refractivity (Wildman–Crippen MR) is 130 cm³/mol. The smallest absolute Gasteiger partial charge is 0.123 e. The number of hydrogen-bond acceptors (Lipinski definition) is 4. The van der Waals surface area contributed by atoms with Crippen LogP contribution in [0.1, 0.15) is 24.0 Å². The highest BCUT2D eigenvalue weighted by molar-refractivity contribution is 5.92. The van der Waals surface area contributed by atoms with E-state index >= 15 is 0 Å². The number of methoxy groups -OCH3 is 2. The summed E-state index contributed by atoms with van der Waals surface area (Å²) in [4.78, 5) is 3.61. The maximum Gasteiger partial charge on any atom is 0.123 e. The standard InChI is InChI=1S/C27H30N2O3/c1-30-22-14-20(15-23(16-22)31-2)27-24(10-6-7-13-28)25-17-21(11-12-26(25)29-27)32-18-19-8-4-3-5-9-19/h3-5,8-9,11-12,14-17,29H,6-7,10,13,18,28H2,1-2H3. The summed E-state index contributed by atoms with van der Waals surface area (Å²) < 4.78 is 17.1. The van der Waals surface area contributed by atoms with Gasteiger partial charge in [-0.25, -0.2) is 0 Å². The Bertz CT molecular complexity index is 1150. The Morgan fingerprint density at radius 2 is 1.56 bits per heavy atom. The maximum absolute atomic E-state index is 6.09. The molecule has 4 aromatic rings. The van der Waals surface area contributed by atoms with Crippen molar-refractivity contribution < 1.29 is 14.2 Å². The number of H-pyrrole nitrogens is 1. The maximum atomic E-state index is 6.09. The number of aromatic amines is 1. The van der Waals surface area contributed by atoms with E-state index in [2.05, 4.69) is 29.2 Å². The molecule has 166 valence electrons. The first kappa shape index (κ1) is 21.8. The summed E-state index contributed by atoms with van der Waals surface area (Å²) >= 11 is 0. The number of unbranched alkanes of at least 4 members (excludes halogenated alkanes) is 1. The summed E-state index contributed by atoms with van der Waals surface area (Å²) in [5.41, 5.74) is 11.4. The van der Waals surface area contributed by atoms with E-state index in [9.17, 15) is 0 Å². The molecule has 3 N–H and O–H groups in total. The van der Waals surface area contributed by atoms with Gasteiger partial charge in [0, 0.05) is 28.2 Å². The summed E-state index contributed by atoms with van der Waals surface area (Å²) in [7, 11) is 3.34. The van der Waals surface area contributed by atoms with E-state index in [0.717, 1.165) is 58.8 Å². The average molecular weight is 431 g/mol. The van der Waals surface area contributed by atoms with Crippen molar-refractivity contribution in [3.63, 3.8) is 0 Å². The van der Waals surface area contributed by atoms with Gasteiger partial charge in [-0.3, -0.25) is 0 Å². The molecule has 5 heteroatoms. The second-order valence-corrected chi connectivity index (χ2v) is 7.81. The van der Waals surface area contributed by atoms with Gasteiger partial charge in [-0.05, 0) is 67.3 Å². The number of hydrogen-bond donors (Lipinski definition) is 2. The van der Waals surface area contributed by atoms with Crippen LogP contribution in [0.3, 0.4) is 0 Å². The Morgan fingerprint density at radius 1 is 0.812 bits per heavy atom. The third-order valence-electron chi connectivity index (χ3n) is 5.65. The lowest BCUT2D eigenvalue weighted by molar-refractivity contribution is 0.306. The Kier molecular flexibility index (Phi) is 6.97. The molecule has 3 aromatic carbocycles. The van der Waals surface area contributed by atoms with Crippen molar-refractivity contribution in [3.05, 3.63) is 77.9 Å². The molecule has 32 heavy (non-hydrogen) atoms. The largest absolute Gasteiger partial charge is 0.497 e. The molecule has 0 unspecified atom stereocenters. The fourth-order valence-electron chi connectivity index (χ4n) is 3.96. The fraction of sp³-hybridized carbons (Fsp3) is 0.259. The molecule has 4 rings (SSSR count). The van der Waals surface area contributed by atoms with Gasteiger partial charge in [0.2, 0.25) is 0 Å². The molecular formula is C27H30N2O3. The summed E-state index contributed by atoms with van der Waals surface area (Å²) in [6.07, 6.45) is 2.93. The van der Waals surface area contributed by atoms with Crippen molar-refractivity contribution in [2.45, 2.75) is 25.9 Å². The molecule has 0 amide bonds. The van der Waals surface area contributed by atoms with Gasteiger partial charge in [0.25, 0.3) is 0 Å². The van der Waals surface area contributed by atoms with Crippen molar-refractivity contribution >= 4 is 10.9 Å². The Morgan fingerprint density at radius 3 is 2.25 bits per heavy atom. The summed E-state index contributed by atoms with van der Waals surface area (Å²) in [6, 6.07) is 22.4. The van der Waals surface area contributed by atoms with Gasteiger partial charge in [-0.15, -0.1) is 0 Å². The van der Waals surface area contributed by atoms with Crippen molar-refractivity contribution in [2.24, 2.45) is 5.73 Å². The van der Waals surface area contributed by atoms with Crippen LogP contribution in [0.5, 0.6) is 17.2 Å². The van der Waals surface area contributed by atoms with Gasteiger partial charge < -0.3 is 24.9 Å². The minimum absolute atomic E-state index is 0.541. The molecule has 1 heterocycles. The minimum atomic E-state index is 0.541. The van der Waals surface area contributed by atoms with Gasteiger partial charge >= 0.3 is 0 Å². The summed E-state index contributed by atoms with van der Waals surface area (Å²) in [6.45, 7) is 1.23. The zero-order valence-corrected chi connectivity index (χ0v) is 18.7. The van der Waals surface area contributed by atoms with Crippen LogP contribution >= 0.6 is 0 Å². The van der Waals surface area contributed by atoms with Crippen LogP contribution in [0.2, 0.25) is 0 Å². The number of nitrogens with one attached hydrogen (secondary N) is 1. The molecule has 0 aliphatic rings. The minimum Gasteiger partial charge on any atom is -0.497 e. The van der Waals surface area contributed by atoms with Gasteiger partial charge in [0.15, 0.2) is 0 Å². The third kappa shape index (κ3) is 4.89. The molecule has 0 bridgehead atoms. The molecule has 1 aromatic heterocycles. The highest BCUT2D eigenvalue weighted by atomic mass is 16.5. The topological polar surface area (TPSA) is 69.5 Å². The molecule has 0 saturated carbocycles. The van der Waals surface area contributed by atoms with E-state index in [4.69, 9.17) is 19.9 Å². The SMILES string of the molecule is COc1cc(OC)cc(-c2[nH]c3ccc(OCc4ccccc4)cc3c2CCCCN)c1. The van der Waals surface area contributed by atoms with Crippen LogP contribution < -0.4 is 19.9 Å². The first-order chi connectivity index (χ1) is 15.7. The van der Waals surface area contributed by atoms with Crippen LogP contribution in [0.4, 0.5) is 0 Å². The van der Waals surface area contributed by atoms with Crippen molar-refractivity contribution in [1.29, 1.82) is 0 Å². The molecule has 5 nitrogen and oxygen atoms in total. The Balaban J connectivity index is 1.73. The zero-order chi connectivity index (χ0) is 22.3. The van der Waals surface area contributed by atoms with Crippen molar-refractivity contribution in [2.75, 3.05) is 20.8 Å². The van der Waals surface area contributed by atoms with E-state index in [1.165, 1.54) is 10.9 Å². The first-order valence-corrected chi connectivity index (χ1v) is 11.0. The molecule has 0 radical (unpaired) electrons. The normalized spacial score (nSPS) is 11.0. The lowest BCUT2D eigenvalue weighted by Crippen LogP contribution is -1.99. The van der Waals surface area contributed by atoms with Crippen molar-refractivity contribution in [1.82, 2.24) is 4.98 Å². The molecule has 0 saturated heterocycles. The molecule has 0 spiro atoms. The van der Waals surface area contributed by atoms with Crippen LogP contribution in [0.25, 0.3) is 22.2 Å². The second-order valence-electron chi connectivity index (χ2n) is 7.81. The predicted octanol–water partition coefficient (Wildman–Crippen LogP) is 5.71. The van der Waals surface area contributed by atoms with Gasteiger partial charge in [0.1, 0.15) is 23.9 Å². The van der Waals surface area contributed by atoms with E-state index in [0.29, 0.717) is 13.2 Å². The fourth-order valence-corrected chi connectivity index (χ4v) is 3.96. The molecule has 0 aliphatic heterocycles. The number of benzene rings is 3. The highest BCUT2D eigenvalue weighted by Crippen LogP contribution is 2.37. The number of aromatic nitrogens is 1. The van der Waals surface area contributed by atoms with E-state index in [1.807, 2.05) is 42.5 Å². The van der Waals surface area contributed by atoms with E-state index in [1.54, 1.807) is 14.2 Å². The number of rotatable bonds is 10. The van der Waals surface area contributed by atoms with Gasteiger partial charge in [0.05, 0.1) is 14.2 Å². The van der Waals surface area contributed by atoms with Gasteiger partial charge in [-0.1, -0.05) is 30.3 Å². The Labute approximate surface area is 189 Å². The molecule has 0 aliphatic carbocycles. The molecule has 0 fully saturated rings.